The molecule has 0 radical (unpaired) electrons. The molecule has 2 aromatic rings. The normalized spacial score (nSPS) is 10.9. The van der Waals surface area contributed by atoms with E-state index in [4.69, 9.17) is 9.26 Å². The Morgan fingerprint density at radius 1 is 1.39 bits per heavy atom. The molecule has 0 bridgehead atoms. The molecule has 2 rings (SSSR count). The highest BCUT2D eigenvalue weighted by atomic mass is 19.1. The van der Waals surface area contributed by atoms with Crippen molar-refractivity contribution in [1.82, 2.24) is 10.1 Å². The molecule has 18 heavy (non-hydrogen) atoms. The topological polar surface area (TPSA) is 48.2 Å². The van der Waals surface area contributed by atoms with E-state index in [1.165, 1.54) is 6.07 Å². The molecule has 0 N–H and O–H groups in total. The Bertz CT molecular complexity index is 538. The third kappa shape index (κ3) is 2.85. The van der Waals surface area contributed by atoms with E-state index in [2.05, 4.69) is 10.1 Å². The number of benzene rings is 1. The number of rotatable bonds is 4. The summed E-state index contributed by atoms with van der Waals surface area (Å²) in [7, 11) is 0. The quantitative estimate of drug-likeness (QED) is 0.835. The van der Waals surface area contributed by atoms with Gasteiger partial charge in [0.25, 0.3) is 0 Å². The van der Waals surface area contributed by atoms with E-state index in [9.17, 15) is 4.39 Å². The summed E-state index contributed by atoms with van der Waals surface area (Å²) < 4.78 is 23.7. The van der Waals surface area contributed by atoms with Crippen molar-refractivity contribution >= 4 is 0 Å². The smallest absolute Gasteiger partial charge is 0.229 e. The Hall–Kier alpha value is -1.91. The summed E-state index contributed by atoms with van der Waals surface area (Å²) in [6.07, 6.45) is 0. The molecule has 0 aliphatic rings. The Balaban J connectivity index is 2.00. The minimum absolute atomic E-state index is 0.165. The molecule has 5 heteroatoms. The second kappa shape index (κ2) is 5.16. The van der Waals surface area contributed by atoms with Crippen molar-refractivity contribution in [2.24, 2.45) is 0 Å². The van der Waals surface area contributed by atoms with E-state index < -0.39 is 0 Å². The van der Waals surface area contributed by atoms with Gasteiger partial charge in [0.05, 0.1) is 0 Å². The molecule has 4 nitrogen and oxygen atoms in total. The van der Waals surface area contributed by atoms with Crippen molar-refractivity contribution in [3.05, 3.63) is 41.3 Å². The number of aryl methyl sites for hydroxylation is 1. The Morgan fingerprint density at radius 2 is 2.17 bits per heavy atom. The third-order valence-corrected chi connectivity index (χ3v) is 2.49. The molecule has 0 aliphatic carbocycles. The lowest BCUT2D eigenvalue weighted by molar-refractivity contribution is 0.283. The second-order valence-electron chi connectivity index (χ2n) is 4.40. The fourth-order valence-corrected chi connectivity index (χ4v) is 1.37. The summed E-state index contributed by atoms with van der Waals surface area (Å²) in [4.78, 5) is 4.17. The summed E-state index contributed by atoms with van der Waals surface area (Å²) >= 11 is 0. The first-order chi connectivity index (χ1) is 8.56. The van der Waals surface area contributed by atoms with Gasteiger partial charge in [-0.2, -0.15) is 4.98 Å². The van der Waals surface area contributed by atoms with Crippen molar-refractivity contribution in [2.45, 2.75) is 33.3 Å². The Labute approximate surface area is 105 Å². The van der Waals surface area contributed by atoms with Crippen LogP contribution in [0.5, 0.6) is 5.75 Å². The molecule has 0 fully saturated rings. The molecule has 0 atom stereocenters. The number of hydrogen-bond donors (Lipinski definition) is 0. The lowest BCUT2D eigenvalue weighted by Gasteiger charge is -2.04. The standard InChI is InChI=1S/C13H15FN2O2/c1-8(2)13-15-12(16-18-13)7-17-10-5-4-9(3)11(14)6-10/h4-6,8H,7H2,1-3H3. The molecular weight excluding hydrogens is 235 g/mol. The molecule has 0 saturated heterocycles. The van der Waals surface area contributed by atoms with Crippen molar-refractivity contribution < 1.29 is 13.7 Å². The van der Waals surface area contributed by atoms with Crippen molar-refractivity contribution in [1.29, 1.82) is 0 Å². The molecular formula is C13H15FN2O2. The van der Waals surface area contributed by atoms with Crippen LogP contribution >= 0.6 is 0 Å². The zero-order valence-corrected chi connectivity index (χ0v) is 10.6. The summed E-state index contributed by atoms with van der Waals surface area (Å²) in [6, 6.07) is 4.72. The predicted octanol–water partition coefficient (Wildman–Crippen LogP) is 3.22. The lowest BCUT2D eigenvalue weighted by Crippen LogP contribution is -1.98. The molecule has 0 aliphatic heterocycles. The number of hydrogen-bond acceptors (Lipinski definition) is 4. The monoisotopic (exact) mass is 250 g/mol. The van der Waals surface area contributed by atoms with E-state index >= 15 is 0 Å². The van der Waals surface area contributed by atoms with Gasteiger partial charge < -0.3 is 9.26 Å². The van der Waals surface area contributed by atoms with Crippen LogP contribution in [0.25, 0.3) is 0 Å². The van der Waals surface area contributed by atoms with Gasteiger partial charge >= 0.3 is 0 Å². The molecule has 1 aromatic carbocycles. The maximum absolute atomic E-state index is 13.3. The largest absolute Gasteiger partial charge is 0.485 e. The minimum Gasteiger partial charge on any atom is -0.485 e. The van der Waals surface area contributed by atoms with Gasteiger partial charge in [-0.1, -0.05) is 25.1 Å². The minimum atomic E-state index is -0.288. The highest BCUT2D eigenvalue weighted by Gasteiger charge is 2.10. The first kappa shape index (κ1) is 12.5. The maximum atomic E-state index is 13.3. The van der Waals surface area contributed by atoms with Crippen LogP contribution in [-0.4, -0.2) is 10.1 Å². The maximum Gasteiger partial charge on any atom is 0.229 e. The fraction of sp³-hybridized carbons (Fsp3) is 0.385. The third-order valence-electron chi connectivity index (χ3n) is 2.49. The molecule has 0 spiro atoms. The number of aromatic nitrogens is 2. The number of halogens is 1. The molecule has 0 saturated carbocycles. The van der Waals surface area contributed by atoms with Crippen molar-refractivity contribution in [3.63, 3.8) is 0 Å². The lowest BCUT2D eigenvalue weighted by atomic mass is 10.2. The zero-order chi connectivity index (χ0) is 13.1. The van der Waals surface area contributed by atoms with Crippen molar-refractivity contribution in [3.8, 4) is 5.75 Å². The molecule has 1 aromatic heterocycles. The predicted molar refractivity (Wildman–Crippen MR) is 63.9 cm³/mol. The first-order valence-electron chi connectivity index (χ1n) is 5.77. The second-order valence-corrected chi connectivity index (χ2v) is 4.40. The van der Waals surface area contributed by atoms with Crippen molar-refractivity contribution in [2.75, 3.05) is 0 Å². The first-order valence-corrected chi connectivity index (χ1v) is 5.77. The van der Waals surface area contributed by atoms with Gasteiger partial charge in [0.2, 0.25) is 11.7 Å². The Kier molecular flexibility index (Phi) is 3.60. The van der Waals surface area contributed by atoms with Gasteiger partial charge in [-0.3, -0.25) is 0 Å². The van der Waals surface area contributed by atoms with Crippen LogP contribution in [0.1, 0.15) is 37.0 Å². The summed E-state index contributed by atoms with van der Waals surface area (Å²) in [5.41, 5.74) is 0.587. The van der Waals surface area contributed by atoms with E-state index in [1.807, 2.05) is 13.8 Å². The highest BCUT2D eigenvalue weighted by Crippen LogP contribution is 2.17. The van der Waals surface area contributed by atoms with Gasteiger partial charge in [-0.25, -0.2) is 4.39 Å². The van der Waals surface area contributed by atoms with Crippen LogP contribution in [-0.2, 0) is 6.61 Å². The van der Waals surface area contributed by atoms with Gasteiger partial charge in [-0.05, 0) is 18.6 Å². The van der Waals surface area contributed by atoms with Crippen LogP contribution < -0.4 is 4.74 Å². The van der Waals surface area contributed by atoms with Crippen LogP contribution in [0.4, 0.5) is 4.39 Å². The number of nitrogens with zero attached hydrogens (tertiary/aromatic N) is 2. The Morgan fingerprint density at radius 3 is 2.78 bits per heavy atom. The molecule has 96 valence electrons. The van der Waals surface area contributed by atoms with Gasteiger partial charge in [0.15, 0.2) is 6.61 Å². The van der Waals surface area contributed by atoms with E-state index in [1.54, 1.807) is 19.1 Å². The van der Waals surface area contributed by atoms with Crippen LogP contribution in [0, 0.1) is 12.7 Å². The number of ether oxygens (including phenoxy) is 1. The highest BCUT2D eigenvalue weighted by molar-refractivity contribution is 5.28. The van der Waals surface area contributed by atoms with Crippen LogP contribution in [0.3, 0.4) is 0 Å². The fourth-order valence-electron chi connectivity index (χ4n) is 1.37. The molecule has 1 heterocycles. The van der Waals surface area contributed by atoms with E-state index in [0.717, 1.165) is 0 Å². The summed E-state index contributed by atoms with van der Waals surface area (Å²) in [5, 5.41) is 3.79. The van der Waals surface area contributed by atoms with Gasteiger partial charge in [0.1, 0.15) is 11.6 Å². The summed E-state index contributed by atoms with van der Waals surface area (Å²) in [5.74, 6) is 1.38. The summed E-state index contributed by atoms with van der Waals surface area (Å²) in [6.45, 7) is 5.80. The average molecular weight is 250 g/mol. The van der Waals surface area contributed by atoms with E-state index in [-0.39, 0.29) is 18.3 Å². The average Bonchev–Trinajstić information content (AvgIpc) is 2.79. The van der Waals surface area contributed by atoms with E-state index in [0.29, 0.717) is 23.0 Å². The van der Waals surface area contributed by atoms with Crippen LogP contribution in [0.2, 0.25) is 0 Å². The van der Waals surface area contributed by atoms with Gasteiger partial charge in [-0.15, -0.1) is 0 Å². The molecule has 0 unspecified atom stereocenters. The van der Waals surface area contributed by atoms with Gasteiger partial charge in [0, 0.05) is 12.0 Å². The molecule has 0 amide bonds. The zero-order valence-electron chi connectivity index (χ0n) is 10.6. The van der Waals surface area contributed by atoms with Crippen LogP contribution in [0.15, 0.2) is 22.7 Å². The SMILES string of the molecule is Cc1ccc(OCc2noc(C(C)C)n2)cc1F.